The lowest BCUT2D eigenvalue weighted by Crippen LogP contribution is -2.64. The lowest BCUT2D eigenvalue weighted by Gasteiger charge is -2.64. The zero-order valence-electron chi connectivity index (χ0n) is 32.2. The van der Waals surface area contributed by atoms with Gasteiger partial charge < -0.3 is 14.4 Å². The zero-order chi connectivity index (χ0) is 37.1. The number of aryl methyl sites for hydroxylation is 1. The van der Waals surface area contributed by atoms with Gasteiger partial charge in [-0.25, -0.2) is 0 Å². The highest BCUT2D eigenvalue weighted by molar-refractivity contribution is 7.00. The van der Waals surface area contributed by atoms with Crippen molar-refractivity contribution in [1.29, 1.82) is 0 Å². The van der Waals surface area contributed by atoms with E-state index in [0.29, 0.717) is 11.8 Å². The lowest BCUT2D eigenvalue weighted by atomic mass is 9.32. The van der Waals surface area contributed by atoms with Gasteiger partial charge in [0.1, 0.15) is 0 Å². The summed E-state index contributed by atoms with van der Waals surface area (Å²) in [6.45, 7) is 2.33. The largest absolute Gasteiger partial charge is 0.311 e. The minimum Gasteiger partial charge on any atom is -0.311 e. The molecule has 0 atom stereocenters. The van der Waals surface area contributed by atoms with Gasteiger partial charge in [-0.15, -0.1) is 0 Å². The number of hydrogen-bond donors (Lipinski definition) is 0. The second-order valence-electron chi connectivity index (χ2n) is 18.2. The molecule has 15 rings (SSSR count). The molecule has 0 amide bonds. The van der Waals surface area contributed by atoms with Crippen LogP contribution >= 0.6 is 0 Å². The molecule has 7 aromatic carbocycles. The van der Waals surface area contributed by atoms with Crippen LogP contribution in [0.25, 0.3) is 27.5 Å². The Balaban J connectivity index is 1.06. The number of hydrogen-bond acceptors (Lipinski definition) is 2. The highest BCUT2D eigenvalue weighted by Gasteiger charge is 2.62. The van der Waals surface area contributed by atoms with Gasteiger partial charge in [0.05, 0.1) is 16.7 Å². The van der Waals surface area contributed by atoms with Gasteiger partial charge in [0.15, 0.2) is 0 Å². The summed E-state index contributed by atoms with van der Waals surface area (Å²) in [6.07, 6.45) is 7.00. The highest BCUT2D eigenvalue weighted by atomic mass is 15.2. The van der Waals surface area contributed by atoms with Crippen LogP contribution in [0.2, 0.25) is 0 Å². The Morgan fingerprint density at radius 1 is 0.491 bits per heavy atom. The molecular weight excluding hydrogens is 689 g/mol. The van der Waals surface area contributed by atoms with Crippen LogP contribution in [0.5, 0.6) is 0 Å². The summed E-state index contributed by atoms with van der Waals surface area (Å²) in [6, 6.07) is 58.4. The summed E-state index contributed by atoms with van der Waals surface area (Å²) in [7, 11) is 0. The van der Waals surface area contributed by atoms with Crippen LogP contribution in [0.3, 0.4) is 0 Å². The van der Waals surface area contributed by atoms with E-state index in [1.165, 1.54) is 116 Å². The van der Waals surface area contributed by atoms with E-state index in [4.69, 9.17) is 0 Å². The molecule has 0 radical (unpaired) electrons. The van der Waals surface area contributed by atoms with Crippen molar-refractivity contribution in [2.45, 2.75) is 44.4 Å². The zero-order valence-corrected chi connectivity index (χ0v) is 32.2. The van der Waals surface area contributed by atoms with Crippen molar-refractivity contribution < 1.29 is 0 Å². The smallest absolute Gasteiger partial charge is 0.252 e. The molecule has 1 spiro atoms. The maximum absolute atomic E-state index is 2.71. The summed E-state index contributed by atoms with van der Waals surface area (Å²) in [5.74, 6) is 3.24. The van der Waals surface area contributed by atoms with Crippen molar-refractivity contribution in [2.75, 3.05) is 9.80 Å². The fourth-order valence-electron chi connectivity index (χ4n) is 13.9. The van der Waals surface area contributed by atoms with Crippen molar-refractivity contribution in [3.63, 3.8) is 0 Å². The van der Waals surface area contributed by atoms with Crippen molar-refractivity contribution in [3.05, 3.63) is 168 Å². The minimum atomic E-state index is 0.0759. The molecule has 7 aliphatic rings. The first-order valence-corrected chi connectivity index (χ1v) is 21.3. The van der Waals surface area contributed by atoms with E-state index in [1.807, 2.05) is 0 Å². The molecular formula is C53H42BN3. The van der Waals surface area contributed by atoms with Crippen LogP contribution in [0.4, 0.5) is 34.1 Å². The van der Waals surface area contributed by atoms with E-state index in [2.05, 4.69) is 173 Å². The third-order valence-corrected chi connectivity index (χ3v) is 15.6. The Morgan fingerprint density at radius 3 is 1.88 bits per heavy atom. The summed E-state index contributed by atoms with van der Waals surface area (Å²) >= 11 is 0. The predicted molar refractivity (Wildman–Crippen MR) is 237 cm³/mol. The molecule has 4 heterocycles. The van der Waals surface area contributed by atoms with Crippen LogP contribution in [0.1, 0.15) is 48.8 Å². The predicted octanol–water partition coefficient (Wildman–Crippen LogP) is 11.2. The van der Waals surface area contributed by atoms with Gasteiger partial charge >= 0.3 is 0 Å². The SMILES string of the molecule is Cc1cccc(N2c3cc(-n4c5ccccc5c5ccccc54)ccc3B3c4cccc5c4N(c4ccccc4C54C5CC6CC(C5)CC4C6)c4cccc2c43)c1. The molecule has 0 N–H and O–H groups in total. The van der Waals surface area contributed by atoms with Gasteiger partial charge in [0.2, 0.25) is 0 Å². The molecule has 4 fully saturated rings. The van der Waals surface area contributed by atoms with Gasteiger partial charge in [-0.1, -0.05) is 97.1 Å². The number of nitrogens with zero attached hydrogens (tertiary/aromatic N) is 3. The van der Waals surface area contributed by atoms with Gasteiger partial charge in [-0.2, -0.15) is 0 Å². The molecule has 272 valence electrons. The molecule has 0 saturated heterocycles. The van der Waals surface area contributed by atoms with E-state index in [9.17, 15) is 0 Å². The van der Waals surface area contributed by atoms with E-state index in [0.717, 1.165) is 11.8 Å². The standard InChI is InChI=1S/C53H42BN3/c1-32-11-8-12-37(25-32)56-48-21-10-22-49-51(48)54(43-24-23-38(31-50(43)56)55-45-18-5-2-13-39(45)40-14-3-6-19-46(40)55)44-17-9-16-42-52(44)57(49)47-20-7-4-15-41(47)53(42)35-27-33-26-34(29-35)30-36(53)28-33/h2-25,31,33-36H,26-30H2,1H3. The number of fused-ring (bicyclic) bond motifs is 9. The fraction of sp³-hybridized carbons (Fsp3) is 0.208. The van der Waals surface area contributed by atoms with Crippen molar-refractivity contribution in [2.24, 2.45) is 23.7 Å². The first kappa shape index (κ1) is 31.1. The Morgan fingerprint density at radius 2 is 1.12 bits per heavy atom. The van der Waals surface area contributed by atoms with Gasteiger partial charge in [-0.3, -0.25) is 0 Å². The molecule has 0 unspecified atom stereocenters. The Kier molecular flexibility index (Phi) is 5.95. The highest BCUT2D eigenvalue weighted by Crippen LogP contribution is 2.69. The van der Waals surface area contributed by atoms with E-state index in [-0.39, 0.29) is 12.1 Å². The van der Waals surface area contributed by atoms with Crippen molar-refractivity contribution >= 4 is 79.0 Å². The topological polar surface area (TPSA) is 11.4 Å². The quantitative estimate of drug-likeness (QED) is 0.164. The molecule has 3 aliphatic heterocycles. The van der Waals surface area contributed by atoms with Gasteiger partial charge in [0.25, 0.3) is 6.71 Å². The third-order valence-electron chi connectivity index (χ3n) is 15.6. The van der Waals surface area contributed by atoms with Crippen molar-refractivity contribution in [3.8, 4) is 5.69 Å². The maximum atomic E-state index is 2.71. The molecule has 4 heteroatoms. The van der Waals surface area contributed by atoms with Crippen LogP contribution in [-0.4, -0.2) is 11.3 Å². The molecule has 8 aromatic rings. The van der Waals surface area contributed by atoms with Crippen LogP contribution in [0.15, 0.2) is 152 Å². The number of benzene rings is 7. The fourth-order valence-corrected chi connectivity index (χ4v) is 13.9. The average molecular weight is 732 g/mol. The number of para-hydroxylation sites is 4. The Hall–Kier alpha value is -6.00. The summed E-state index contributed by atoms with van der Waals surface area (Å²) in [4.78, 5) is 5.27. The first-order chi connectivity index (χ1) is 28.2. The normalized spacial score (nSPS) is 24.2. The number of anilines is 6. The molecule has 57 heavy (non-hydrogen) atoms. The summed E-state index contributed by atoms with van der Waals surface area (Å²) in [5.41, 5.74) is 20.4. The number of aromatic nitrogens is 1. The van der Waals surface area contributed by atoms with Gasteiger partial charge in [0, 0.05) is 50.3 Å². The van der Waals surface area contributed by atoms with E-state index < -0.39 is 0 Å². The lowest BCUT2D eigenvalue weighted by molar-refractivity contribution is -0.0419. The molecule has 3 nitrogen and oxygen atoms in total. The number of rotatable bonds is 2. The van der Waals surface area contributed by atoms with Crippen LogP contribution < -0.4 is 26.2 Å². The van der Waals surface area contributed by atoms with Crippen LogP contribution in [0, 0.1) is 30.6 Å². The summed E-state index contributed by atoms with van der Waals surface area (Å²) < 4.78 is 2.48. The summed E-state index contributed by atoms with van der Waals surface area (Å²) in [5, 5.41) is 2.58. The second-order valence-corrected chi connectivity index (χ2v) is 18.2. The first-order valence-electron chi connectivity index (χ1n) is 21.3. The third kappa shape index (κ3) is 3.81. The average Bonchev–Trinajstić information content (AvgIpc) is 3.58. The minimum absolute atomic E-state index is 0.0759. The Bertz CT molecular complexity index is 2960. The van der Waals surface area contributed by atoms with Gasteiger partial charge in [-0.05, 0) is 150 Å². The maximum Gasteiger partial charge on any atom is 0.252 e. The van der Waals surface area contributed by atoms with Crippen LogP contribution in [-0.2, 0) is 5.41 Å². The van der Waals surface area contributed by atoms with E-state index >= 15 is 0 Å². The molecule has 4 saturated carbocycles. The second kappa shape index (κ2) is 10.9. The van der Waals surface area contributed by atoms with Crippen molar-refractivity contribution in [1.82, 2.24) is 4.57 Å². The molecule has 4 aliphatic carbocycles. The van der Waals surface area contributed by atoms with E-state index in [1.54, 1.807) is 11.1 Å². The molecule has 4 bridgehead atoms. The monoisotopic (exact) mass is 731 g/mol. The Labute approximate surface area is 334 Å². The molecule has 1 aromatic heterocycles.